The lowest BCUT2D eigenvalue weighted by atomic mass is 9.53. The Labute approximate surface area is 143 Å². The van der Waals surface area contributed by atoms with Crippen LogP contribution < -0.4 is 0 Å². The van der Waals surface area contributed by atoms with E-state index in [2.05, 4.69) is 6.92 Å². The molecular formula is C20H28O4. The molecule has 4 aliphatic rings. The van der Waals surface area contributed by atoms with E-state index in [1.165, 1.54) is 0 Å². The Morgan fingerprint density at radius 2 is 1.75 bits per heavy atom. The van der Waals surface area contributed by atoms with Crippen LogP contribution in [-0.4, -0.2) is 27.4 Å². The fourth-order valence-corrected chi connectivity index (χ4v) is 7.44. The highest BCUT2D eigenvalue weighted by Crippen LogP contribution is 2.75. The van der Waals surface area contributed by atoms with E-state index in [4.69, 9.17) is 0 Å². The molecule has 0 heterocycles. The van der Waals surface area contributed by atoms with E-state index in [0.717, 1.165) is 19.3 Å². The van der Waals surface area contributed by atoms with Crippen molar-refractivity contribution in [1.82, 2.24) is 0 Å². The van der Waals surface area contributed by atoms with Crippen molar-refractivity contribution < 1.29 is 19.8 Å². The Bertz CT molecular complexity index is 684. The van der Waals surface area contributed by atoms with E-state index in [1.54, 1.807) is 20.8 Å². The molecule has 4 heteroatoms. The van der Waals surface area contributed by atoms with Crippen LogP contribution in [0.2, 0.25) is 0 Å². The number of aliphatic hydroxyl groups is 2. The molecule has 2 bridgehead atoms. The summed E-state index contributed by atoms with van der Waals surface area (Å²) in [5, 5.41) is 21.7. The summed E-state index contributed by atoms with van der Waals surface area (Å²) in [5.74, 6) is -0.545. The van der Waals surface area contributed by atoms with Crippen LogP contribution in [-0.2, 0) is 9.59 Å². The van der Waals surface area contributed by atoms with Gasteiger partial charge in [0.05, 0.1) is 16.4 Å². The average Bonchev–Trinajstić information content (AvgIpc) is 2.82. The summed E-state index contributed by atoms with van der Waals surface area (Å²) in [5.41, 5.74) is -2.47. The third-order valence-corrected chi connectivity index (χ3v) is 7.91. The van der Waals surface area contributed by atoms with E-state index in [9.17, 15) is 19.8 Å². The van der Waals surface area contributed by atoms with Crippen molar-refractivity contribution in [3.05, 3.63) is 11.3 Å². The van der Waals surface area contributed by atoms with Gasteiger partial charge in [-0.25, -0.2) is 0 Å². The molecule has 3 saturated carbocycles. The Morgan fingerprint density at radius 1 is 1.12 bits per heavy atom. The first-order chi connectivity index (χ1) is 11.0. The maximum atomic E-state index is 13.8. The summed E-state index contributed by atoms with van der Waals surface area (Å²) in [6, 6.07) is 0. The normalized spacial score (nSPS) is 50.5. The van der Waals surface area contributed by atoms with Gasteiger partial charge in [0.25, 0.3) is 0 Å². The predicted octanol–water partition coefficient (Wildman–Crippen LogP) is 3.05. The van der Waals surface area contributed by atoms with Crippen molar-refractivity contribution in [3.8, 4) is 0 Å². The van der Waals surface area contributed by atoms with Gasteiger partial charge in [-0.1, -0.05) is 13.8 Å². The summed E-state index contributed by atoms with van der Waals surface area (Å²) < 4.78 is 0. The Kier molecular flexibility index (Phi) is 2.94. The van der Waals surface area contributed by atoms with Crippen LogP contribution in [0.25, 0.3) is 0 Å². The van der Waals surface area contributed by atoms with E-state index in [-0.39, 0.29) is 29.3 Å². The van der Waals surface area contributed by atoms with Gasteiger partial charge in [0, 0.05) is 5.92 Å². The first-order valence-corrected chi connectivity index (χ1v) is 9.25. The summed E-state index contributed by atoms with van der Waals surface area (Å²) in [6.07, 6.45) is 2.72. The molecule has 0 aliphatic heterocycles. The van der Waals surface area contributed by atoms with Crippen LogP contribution >= 0.6 is 0 Å². The van der Waals surface area contributed by atoms with Crippen LogP contribution in [0.5, 0.6) is 0 Å². The van der Waals surface area contributed by atoms with Crippen LogP contribution in [0, 0.1) is 40.4 Å². The predicted molar refractivity (Wildman–Crippen MR) is 89.2 cm³/mol. The average molecular weight is 332 g/mol. The second kappa shape index (κ2) is 4.32. The highest BCUT2D eigenvalue weighted by atomic mass is 16.3. The number of hydrogen-bond acceptors (Lipinski definition) is 4. The third kappa shape index (κ3) is 1.43. The molecule has 1 spiro atoms. The minimum absolute atomic E-state index is 0.0224. The van der Waals surface area contributed by atoms with Gasteiger partial charge in [-0.15, -0.1) is 0 Å². The molecule has 7 atom stereocenters. The Balaban J connectivity index is 2.08. The van der Waals surface area contributed by atoms with Crippen molar-refractivity contribution in [3.63, 3.8) is 0 Å². The number of allylic oxidation sites excluding steroid dienone is 2. The van der Waals surface area contributed by atoms with E-state index in [0.29, 0.717) is 11.5 Å². The molecular weight excluding hydrogens is 304 g/mol. The molecule has 2 N–H and O–H groups in total. The molecule has 0 aromatic heterocycles. The van der Waals surface area contributed by atoms with Gasteiger partial charge < -0.3 is 10.2 Å². The van der Waals surface area contributed by atoms with Gasteiger partial charge in [0.1, 0.15) is 0 Å². The topological polar surface area (TPSA) is 74.6 Å². The van der Waals surface area contributed by atoms with Gasteiger partial charge in [0.15, 0.2) is 11.5 Å². The Morgan fingerprint density at radius 3 is 2.33 bits per heavy atom. The second-order valence-corrected chi connectivity index (χ2v) is 9.53. The van der Waals surface area contributed by atoms with Crippen LogP contribution in [0.1, 0.15) is 53.9 Å². The zero-order chi connectivity index (χ0) is 17.8. The van der Waals surface area contributed by atoms with Gasteiger partial charge >= 0.3 is 0 Å². The molecule has 3 fully saturated rings. The lowest BCUT2D eigenvalue weighted by molar-refractivity contribution is -0.150. The molecule has 0 aromatic carbocycles. The summed E-state index contributed by atoms with van der Waals surface area (Å²) in [6.45, 7) is 9.30. The van der Waals surface area contributed by atoms with E-state index < -0.39 is 28.1 Å². The van der Waals surface area contributed by atoms with Crippen molar-refractivity contribution in [2.24, 2.45) is 40.4 Å². The molecule has 0 radical (unpaired) electrons. The summed E-state index contributed by atoms with van der Waals surface area (Å²) >= 11 is 0. The molecule has 4 nitrogen and oxygen atoms in total. The minimum Gasteiger partial charge on any atom is -0.504 e. The van der Waals surface area contributed by atoms with Crippen LogP contribution in [0.3, 0.4) is 0 Å². The highest BCUT2D eigenvalue weighted by Gasteiger charge is 2.80. The number of carbonyl (C=O) groups excluding carboxylic acids is 2. The number of hydrogen-bond donors (Lipinski definition) is 2. The molecule has 4 aliphatic carbocycles. The minimum atomic E-state index is -1.30. The van der Waals surface area contributed by atoms with Crippen LogP contribution in [0.15, 0.2) is 11.3 Å². The van der Waals surface area contributed by atoms with E-state index >= 15 is 0 Å². The largest absolute Gasteiger partial charge is 0.504 e. The monoisotopic (exact) mass is 332 g/mol. The van der Waals surface area contributed by atoms with Gasteiger partial charge in [0.2, 0.25) is 5.78 Å². The fourth-order valence-electron chi connectivity index (χ4n) is 7.44. The zero-order valence-electron chi connectivity index (χ0n) is 15.2. The maximum absolute atomic E-state index is 13.8. The van der Waals surface area contributed by atoms with Crippen molar-refractivity contribution in [2.45, 2.75) is 59.5 Å². The lowest BCUT2D eigenvalue weighted by Gasteiger charge is -2.47. The first kappa shape index (κ1) is 16.3. The van der Waals surface area contributed by atoms with Crippen molar-refractivity contribution in [1.29, 1.82) is 0 Å². The number of carbonyl (C=O) groups is 2. The fraction of sp³-hybridized carbons (Fsp3) is 0.800. The van der Waals surface area contributed by atoms with Gasteiger partial charge in [-0.05, 0) is 69.3 Å². The number of ketones is 2. The highest BCUT2D eigenvalue weighted by molar-refractivity contribution is 6.21. The van der Waals surface area contributed by atoms with Gasteiger partial charge in [-0.2, -0.15) is 0 Å². The molecule has 24 heavy (non-hydrogen) atoms. The standard InChI is InChI=1S/C20H28O4/c1-9-6-7-11-10(2)8-12-15(18(3,4)24)19(5)16(22)14(21)13(9)20(11,12)17(19)23/h9-12,15,21,24H,6-8H2,1-5H3/t9-,10-,11+,12-,15+,19+,20-/m0/s1. The maximum Gasteiger partial charge on any atom is 0.210 e. The molecule has 0 amide bonds. The smallest absolute Gasteiger partial charge is 0.210 e. The summed E-state index contributed by atoms with van der Waals surface area (Å²) in [7, 11) is 0. The van der Waals surface area contributed by atoms with Crippen molar-refractivity contribution in [2.75, 3.05) is 0 Å². The van der Waals surface area contributed by atoms with Crippen LogP contribution in [0.4, 0.5) is 0 Å². The number of aliphatic hydroxyl groups excluding tert-OH is 1. The number of rotatable bonds is 1. The SMILES string of the molecule is C[C@H]1CC[C@@H]2[C@@H](C)C[C@H]3[C@H](C(C)(C)O)[C@]4(C)C(=O)C(O)=C1[C@]23C4=O. The third-order valence-electron chi connectivity index (χ3n) is 7.91. The molecule has 4 rings (SSSR count). The summed E-state index contributed by atoms with van der Waals surface area (Å²) in [4.78, 5) is 26.8. The van der Waals surface area contributed by atoms with Gasteiger partial charge in [-0.3, -0.25) is 9.59 Å². The van der Waals surface area contributed by atoms with Crippen molar-refractivity contribution >= 4 is 11.6 Å². The zero-order valence-corrected chi connectivity index (χ0v) is 15.2. The van der Waals surface area contributed by atoms with E-state index in [1.807, 2.05) is 6.92 Å². The number of Topliss-reactive ketones (excluding diaryl/α,β-unsaturated/α-hetero) is 2. The molecule has 132 valence electrons. The molecule has 0 unspecified atom stereocenters. The lowest BCUT2D eigenvalue weighted by Crippen LogP contribution is -2.54. The quantitative estimate of drug-likeness (QED) is 0.724. The Hall–Kier alpha value is -1.16. The number of fused-ring (bicyclic) bond motifs is 1. The second-order valence-electron chi connectivity index (χ2n) is 9.53. The first-order valence-electron chi connectivity index (χ1n) is 9.25. The molecule has 0 aromatic rings. The molecule has 0 saturated heterocycles.